The Balaban J connectivity index is 1.66. The van der Waals surface area contributed by atoms with E-state index >= 15 is 0 Å². The number of fused-ring (bicyclic) bond motifs is 10. The highest BCUT2D eigenvalue weighted by Crippen LogP contribution is 2.69. The van der Waals surface area contributed by atoms with Crippen molar-refractivity contribution < 1.29 is 9.47 Å². The Labute approximate surface area is 71.2 Å². The van der Waals surface area contributed by atoms with E-state index in [0.29, 0.717) is 24.4 Å². The van der Waals surface area contributed by atoms with Crippen molar-refractivity contribution in [3.05, 3.63) is 0 Å². The molecule has 2 nitrogen and oxygen atoms in total. The summed E-state index contributed by atoms with van der Waals surface area (Å²) in [6, 6.07) is 0. The maximum absolute atomic E-state index is 5.69. The van der Waals surface area contributed by atoms with Crippen LogP contribution in [0.15, 0.2) is 0 Å². The summed E-state index contributed by atoms with van der Waals surface area (Å²) in [7, 11) is 0. The van der Waals surface area contributed by atoms with Crippen molar-refractivity contribution in [2.75, 3.05) is 0 Å². The van der Waals surface area contributed by atoms with Crippen molar-refractivity contribution in [2.24, 2.45) is 23.7 Å². The number of hydrogen-bond donors (Lipinski definition) is 0. The zero-order valence-electron chi connectivity index (χ0n) is 6.85. The quantitative estimate of drug-likeness (QED) is 0.495. The van der Waals surface area contributed by atoms with Crippen molar-refractivity contribution in [2.45, 2.75) is 37.3 Å². The average molecular weight is 164 g/mol. The summed E-state index contributed by atoms with van der Waals surface area (Å²) < 4.78 is 11.3. The largest absolute Gasteiger partial charge is 0.369 e. The summed E-state index contributed by atoms with van der Waals surface area (Å²) in [5, 5.41) is 0. The summed E-state index contributed by atoms with van der Waals surface area (Å²) in [6.07, 6.45) is 5.58. The molecule has 0 spiro atoms. The molecule has 64 valence electrons. The second-order valence-electron chi connectivity index (χ2n) is 5.24. The molecule has 3 aliphatic carbocycles. The molecule has 5 rings (SSSR count). The molecule has 2 saturated heterocycles. The summed E-state index contributed by atoms with van der Waals surface area (Å²) in [5.74, 6) is 3.77. The van der Waals surface area contributed by atoms with Crippen LogP contribution in [-0.2, 0) is 9.47 Å². The first-order valence-corrected chi connectivity index (χ1v) is 5.24. The highest BCUT2D eigenvalue weighted by Gasteiger charge is 2.74. The molecule has 3 saturated carbocycles. The van der Waals surface area contributed by atoms with Gasteiger partial charge in [-0.05, 0) is 36.5 Å². The third-order valence-electron chi connectivity index (χ3n) is 4.99. The van der Waals surface area contributed by atoms with E-state index in [9.17, 15) is 0 Å². The second kappa shape index (κ2) is 1.38. The second-order valence-corrected chi connectivity index (χ2v) is 5.24. The molecule has 0 amide bonds. The van der Waals surface area contributed by atoms with E-state index in [0.717, 1.165) is 23.7 Å². The van der Waals surface area contributed by atoms with Gasteiger partial charge in [0.1, 0.15) is 0 Å². The van der Waals surface area contributed by atoms with Crippen molar-refractivity contribution in [3.63, 3.8) is 0 Å². The smallest absolute Gasteiger partial charge is 0.0876 e. The first kappa shape index (κ1) is 5.61. The molecule has 12 heavy (non-hydrogen) atoms. The number of rotatable bonds is 0. The first-order chi connectivity index (χ1) is 5.93. The molecule has 8 atom stereocenters. The van der Waals surface area contributed by atoms with Crippen LogP contribution < -0.4 is 0 Å². The summed E-state index contributed by atoms with van der Waals surface area (Å²) in [4.78, 5) is 0. The van der Waals surface area contributed by atoms with Crippen LogP contribution in [0.25, 0.3) is 0 Å². The summed E-state index contributed by atoms with van der Waals surface area (Å²) in [6.45, 7) is 0. The van der Waals surface area contributed by atoms with Gasteiger partial charge in [-0.15, -0.1) is 0 Å². The fourth-order valence-corrected chi connectivity index (χ4v) is 4.58. The summed E-state index contributed by atoms with van der Waals surface area (Å²) >= 11 is 0. The van der Waals surface area contributed by atoms with Gasteiger partial charge in [-0.25, -0.2) is 0 Å². The molecule has 0 N–H and O–H groups in total. The highest BCUT2D eigenvalue weighted by molar-refractivity contribution is 5.21. The Hall–Kier alpha value is -0.0800. The molecule has 5 fully saturated rings. The maximum atomic E-state index is 5.69. The van der Waals surface area contributed by atoms with Gasteiger partial charge in [0, 0.05) is 0 Å². The SMILES string of the molecule is C1[C@@H]2[C@@H]3C[C@@H]4O[C@@H]4[C@H]3[C@@H]1[C@@H]1O[C@@H]21. The Morgan fingerprint density at radius 3 is 2.67 bits per heavy atom. The van der Waals surface area contributed by atoms with Crippen LogP contribution in [0, 0.1) is 23.7 Å². The van der Waals surface area contributed by atoms with Gasteiger partial charge in [-0.3, -0.25) is 0 Å². The Bertz CT molecular complexity index is 273. The van der Waals surface area contributed by atoms with Crippen LogP contribution in [-0.4, -0.2) is 24.4 Å². The van der Waals surface area contributed by atoms with Crippen LogP contribution in [0.2, 0.25) is 0 Å². The van der Waals surface area contributed by atoms with Gasteiger partial charge in [0.2, 0.25) is 0 Å². The predicted octanol–water partition coefficient (Wildman–Crippen LogP) is 0.807. The first-order valence-electron chi connectivity index (χ1n) is 5.24. The third-order valence-corrected chi connectivity index (χ3v) is 4.99. The van der Waals surface area contributed by atoms with Crippen LogP contribution in [0.1, 0.15) is 12.8 Å². The van der Waals surface area contributed by atoms with Gasteiger partial charge in [-0.1, -0.05) is 0 Å². The predicted molar refractivity (Wildman–Crippen MR) is 40.5 cm³/mol. The van der Waals surface area contributed by atoms with Crippen molar-refractivity contribution in [3.8, 4) is 0 Å². The normalized spacial score (nSPS) is 80.0. The van der Waals surface area contributed by atoms with E-state index in [2.05, 4.69) is 0 Å². The van der Waals surface area contributed by atoms with E-state index in [4.69, 9.17) is 9.47 Å². The molecule has 0 aromatic carbocycles. The van der Waals surface area contributed by atoms with Crippen molar-refractivity contribution >= 4 is 0 Å². The van der Waals surface area contributed by atoms with E-state index in [1.807, 2.05) is 0 Å². The average Bonchev–Trinajstić information content (AvgIpc) is 2.92. The number of epoxide rings is 2. The lowest BCUT2D eigenvalue weighted by Crippen LogP contribution is -2.27. The number of hydrogen-bond acceptors (Lipinski definition) is 2. The molecule has 2 heterocycles. The molecule has 0 radical (unpaired) electrons. The molecular formula is C10H12O2. The van der Waals surface area contributed by atoms with Crippen molar-refractivity contribution in [1.29, 1.82) is 0 Å². The van der Waals surface area contributed by atoms with Gasteiger partial charge in [0.05, 0.1) is 24.4 Å². The molecule has 0 aromatic rings. The van der Waals surface area contributed by atoms with Gasteiger partial charge >= 0.3 is 0 Å². The molecule has 2 bridgehead atoms. The lowest BCUT2D eigenvalue weighted by atomic mass is 9.81. The molecule has 0 unspecified atom stereocenters. The Morgan fingerprint density at radius 2 is 1.67 bits per heavy atom. The minimum absolute atomic E-state index is 0.676. The van der Waals surface area contributed by atoms with E-state index in [-0.39, 0.29) is 0 Å². The van der Waals surface area contributed by atoms with E-state index in [1.54, 1.807) is 0 Å². The van der Waals surface area contributed by atoms with E-state index < -0.39 is 0 Å². The highest BCUT2D eigenvalue weighted by atomic mass is 16.6. The zero-order valence-corrected chi connectivity index (χ0v) is 6.85. The fourth-order valence-electron chi connectivity index (χ4n) is 4.58. The topological polar surface area (TPSA) is 25.1 Å². The lowest BCUT2D eigenvalue weighted by molar-refractivity contribution is 0.162. The zero-order chi connectivity index (χ0) is 7.45. The van der Waals surface area contributed by atoms with Crippen molar-refractivity contribution in [1.82, 2.24) is 0 Å². The monoisotopic (exact) mass is 164 g/mol. The lowest BCUT2D eigenvalue weighted by Gasteiger charge is -2.22. The van der Waals surface area contributed by atoms with Gasteiger partial charge in [0.25, 0.3) is 0 Å². The van der Waals surface area contributed by atoms with Gasteiger partial charge in [0.15, 0.2) is 0 Å². The Kier molecular flexibility index (Phi) is 0.644. The van der Waals surface area contributed by atoms with Crippen LogP contribution >= 0.6 is 0 Å². The van der Waals surface area contributed by atoms with Crippen LogP contribution in [0.5, 0.6) is 0 Å². The summed E-state index contributed by atoms with van der Waals surface area (Å²) in [5.41, 5.74) is 0. The molecule has 5 aliphatic rings. The fraction of sp³-hybridized carbons (Fsp3) is 1.00. The molecular weight excluding hydrogens is 152 g/mol. The maximum Gasteiger partial charge on any atom is 0.0876 e. The molecule has 2 heteroatoms. The van der Waals surface area contributed by atoms with Gasteiger partial charge < -0.3 is 9.47 Å². The standard InChI is InChI=1S/C10H12O2/c1-4-3-2-6-10(11-6)7(3)5(1)9-8(4)12-9/h3-10H,1-2H2/t3-,4+,5+,6-,7+,8-,9-,10-/m0/s1. The van der Waals surface area contributed by atoms with Crippen LogP contribution in [0.4, 0.5) is 0 Å². The van der Waals surface area contributed by atoms with Crippen LogP contribution in [0.3, 0.4) is 0 Å². The number of ether oxygens (including phenoxy) is 2. The minimum Gasteiger partial charge on any atom is -0.369 e. The minimum atomic E-state index is 0.676. The molecule has 0 aromatic heterocycles. The Morgan fingerprint density at radius 1 is 0.750 bits per heavy atom. The van der Waals surface area contributed by atoms with E-state index in [1.165, 1.54) is 12.8 Å². The third kappa shape index (κ3) is 0.409. The molecule has 2 aliphatic heterocycles. The van der Waals surface area contributed by atoms with Gasteiger partial charge in [-0.2, -0.15) is 0 Å².